The van der Waals surface area contributed by atoms with Gasteiger partial charge in [0, 0.05) is 19.2 Å². The van der Waals surface area contributed by atoms with Crippen LogP contribution in [-0.2, 0) is 13.0 Å². The highest BCUT2D eigenvalue weighted by Crippen LogP contribution is 2.14. The van der Waals surface area contributed by atoms with Crippen molar-refractivity contribution in [3.63, 3.8) is 0 Å². The van der Waals surface area contributed by atoms with Gasteiger partial charge in [0.2, 0.25) is 0 Å². The Hall–Kier alpha value is -1.90. The van der Waals surface area contributed by atoms with E-state index in [1.807, 2.05) is 27.0 Å². The lowest BCUT2D eigenvalue weighted by Crippen LogP contribution is -2.04. The summed E-state index contributed by atoms with van der Waals surface area (Å²) in [5, 5.41) is 4.13. The molecule has 0 amide bonds. The van der Waals surface area contributed by atoms with Gasteiger partial charge in [-0.3, -0.25) is 9.48 Å². The number of benzene rings is 1. The van der Waals surface area contributed by atoms with Crippen molar-refractivity contribution in [1.82, 2.24) is 9.78 Å². The summed E-state index contributed by atoms with van der Waals surface area (Å²) in [5.41, 5.74) is 4.14. The molecule has 0 N–H and O–H groups in total. The molecule has 18 heavy (non-hydrogen) atoms. The molecule has 0 bridgehead atoms. The SMILES string of the molecule is CCn1cc(C(=O)Cc2cc(C)ccc2C)cn1. The number of carbonyl (C=O) groups excluding carboxylic acids is 1. The number of aryl methyl sites for hydroxylation is 3. The molecule has 0 fully saturated rings. The van der Waals surface area contributed by atoms with Crippen LogP contribution < -0.4 is 0 Å². The summed E-state index contributed by atoms with van der Waals surface area (Å²) < 4.78 is 1.77. The van der Waals surface area contributed by atoms with Crippen molar-refractivity contribution in [2.75, 3.05) is 0 Å². The molecule has 0 saturated carbocycles. The number of Topliss-reactive ketones (excluding diaryl/α,β-unsaturated/α-hetero) is 1. The lowest BCUT2D eigenvalue weighted by Gasteiger charge is -2.05. The van der Waals surface area contributed by atoms with Crippen LogP contribution >= 0.6 is 0 Å². The van der Waals surface area contributed by atoms with E-state index >= 15 is 0 Å². The molecule has 0 radical (unpaired) electrons. The zero-order chi connectivity index (χ0) is 13.1. The molecule has 0 unspecified atom stereocenters. The smallest absolute Gasteiger partial charge is 0.170 e. The minimum absolute atomic E-state index is 0.128. The number of carbonyl (C=O) groups is 1. The molecule has 0 saturated heterocycles. The van der Waals surface area contributed by atoms with Gasteiger partial charge in [-0.1, -0.05) is 23.8 Å². The fraction of sp³-hybridized carbons (Fsp3) is 0.333. The van der Waals surface area contributed by atoms with Crippen molar-refractivity contribution in [2.45, 2.75) is 33.7 Å². The number of aromatic nitrogens is 2. The molecule has 1 heterocycles. The summed E-state index contributed by atoms with van der Waals surface area (Å²) >= 11 is 0. The Bertz CT molecular complexity index is 570. The van der Waals surface area contributed by atoms with Crippen molar-refractivity contribution < 1.29 is 4.79 Å². The average Bonchev–Trinajstić information content (AvgIpc) is 2.82. The number of hydrogen-bond acceptors (Lipinski definition) is 2. The van der Waals surface area contributed by atoms with Gasteiger partial charge in [0.15, 0.2) is 5.78 Å². The van der Waals surface area contributed by atoms with Crippen molar-refractivity contribution in [1.29, 1.82) is 0 Å². The first-order valence-corrected chi connectivity index (χ1v) is 6.22. The first-order chi connectivity index (χ1) is 8.60. The lowest BCUT2D eigenvalue weighted by molar-refractivity contribution is 0.0992. The van der Waals surface area contributed by atoms with Gasteiger partial charge >= 0.3 is 0 Å². The Labute approximate surface area is 107 Å². The molecule has 94 valence electrons. The second kappa shape index (κ2) is 5.17. The number of nitrogens with zero attached hydrogens (tertiary/aromatic N) is 2. The maximum Gasteiger partial charge on any atom is 0.170 e. The lowest BCUT2D eigenvalue weighted by atomic mass is 9.99. The molecule has 2 rings (SSSR count). The molecule has 2 aromatic rings. The summed E-state index contributed by atoms with van der Waals surface area (Å²) in [5.74, 6) is 0.128. The third-order valence-electron chi connectivity index (χ3n) is 3.13. The van der Waals surface area contributed by atoms with Gasteiger partial charge in [-0.05, 0) is 31.9 Å². The maximum absolute atomic E-state index is 12.2. The molecule has 0 spiro atoms. The minimum atomic E-state index is 0.128. The topological polar surface area (TPSA) is 34.9 Å². The van der Waals surface area contributed by atoms with Gasteiger partial charge < -0.3 is 0 Å². The van der Waals surface area contributed by atoms with Crippen molar-refractivity contribution in [2.24, 2.45) is 0 Å². The fourth-order valence-electron chi connectivity index (χ4n) is 1.95. The number of ketones is 1. The Morgan fingerprint density at radius 2 is 2.11 bits per heavy atom. The first-order valence-electron chi connectivity index (χ1n) is 6.22. The van der Waals surface area contributed by atoms with Crippen LogP contribution in [0.5, 0.6) is 0 Å². The van der Waals surface area contributed by atoms with Gasteiger partial charge in [0.25, 0.3) is 0 Å². The predicted molar refractivity (Wildman–Crippen MR) is 71.9 cm³/mol. The number of hydrogen-bond donors (Lipinski definition) is 0. The number of rotatable bonds is 4. The van der Waals surface area contributed by atoms with Crippen LogP contribution in [0.1, 0.15) is 34.0 Å². The van der Waals surface area contributed by atoms with E-state index < -0.39 is 0 Å². The van der Waals surface area contributed by atoms with Crippen LogP contribution in [0.3, 0.4) is 0 Å². The third-order valence-corrected chi connectivity index (χ3v) is 3.13. The van der Waals surface area contributed by atoms with Gasteiger partial charge in [-0.2, -0.15) is 5.10 Å². The predicted octanol–water partition coefficient (Wildman–Crippen LogP) is 2.95. The van der Waals surface area contributed by atoms with E-state index in [-0.39, 0.29) is 5.78 Å². The Kier molecular flexibility index (Phi) is 3.60. The second-order valence-electron chi connectivity index (χ2n) is 4.61. The molecule has 0 aliphatic heterocycles. The highest BCUT2D eigenvalue weighted by molar-refractivity contribution is 5.97. The highest BCUT2D eigenvalue weighted by Gasteiger charge is 2.11. The van der Waals surface area contributed by atoms with Crippen LogP contribution in [-0.4, -0.2) is 15.6 Å². The average molecular weight is 242 g/mol. The van der Waals surface area contributed by atoms with Crippen LogP contribution in [0.4, 0.5) is 0 Å². The van der Waals surface area contributed by atoms with E-state index in [0.29, 0.717) is 12.0 Å². The van der Waals surface area contributed by atoms with E-state index in [2.05, 4.69) is 23.3 Å². The first kappa shape index (κ1) is 12.6. The molecule has 0 aliphatic rings. The summed E-state index contributed by atoms with van der Waals surface area (Å²) in [6.45, 7) is 6.88. The van der Waals surface area contributed by atoms with Crippen LogP contribution in [0.2, 0.25) is 0 Å². The van der Waals surface area contributed by atoms with E-state index in [9.17, 15) is 4.79 Å². The molecule has 0 atom stereocenters. The summed E-state index contributed by atoms with van der Waals surface area (Å²) in [7, 11) is 0. The van der Waals surface area contributed by atoms with Crippen LogP contribution in [0.25, 0.3) is 0 Å². The van der Waals surface area contributed by atoms with Gasteiger partial charge in [0.1, 0.15) is 0 Å². The summed E-state index contributed by atoms with van der Waals surface area (Å²) in [6.07, 6.45) is 3.91. The Morgan fingerprint density at radius 3 is 2.78 bits per heavy atom. The van der Waals surface area contributed by atoms with E-state index in [1.165, 1.54) is 5.56 Å². The second-order valence-corrected chi connectivity index (χ2v) is 4.61. The molecule has 0 aliphatic carbocycles. The fourth-order valence-corrected chi connectivity index (χ4v) is 1.95. The standard InChI is InChI=1S/C15H18N2O/c1-4-17-10-14(9-16-17)15(18)8-13-7-11(2)5-6-12(13)3/h5-7,9-10H,4,8H2,1-3H3. The summed E-state index contributed by atoms with van der Waals surface area (Å²) in [4.78, 5) is 12.2. The zero-order valence-electron chi connectivity index (χ0n) is 11.1. The van der Waals surface area contributed by atoms with Crippen LogP contribution in [0, 0.1) is 13.8 Å². The van der Waals surface area contributed by atoms with Gasteiger partial charge in [-0.25, -0.2) is 0 Å². The molecule has 1 aromatic heterocycles. The largest absolute Gasteiger partial charge is 0.294 e. The highest BCUT2D eigenvalue weighted by atomic mass is 16.1. The molecule has 3 heteroatoms. The van der Waals surface area contributed by atoms with Crippen molar-refractivity contribution >= 4 is 5.78 Å². The Balaban J connectivity index is 2.18. The monoisotopic (exact) mass is 242 g/mol. The molecule has 3 nitrogen and oxygen atoms in total. The zero-order valence-corrected chi connectivity index (χ0v) is 11.1. The molecular formula is C15H18N2O. The van der Waals surface area contributed by atoms with E-state index in [0.717, 1.165) is 17.7 Å². The Morgan fingerprint density at radius 1 is 1.33 bits per heavy atom. The van der Waals surface area contributed by atoms with Crippen LogP contribution in [0.15, 0.2) is 30.6 Å². The molecule has 1 aromatic carbocycles. The quantitative estimate of drug-likeness (QED) is 0.773. The van der Waals surface area contributed by atoms with Gasteiger partial charge in [0.05, 0.1) is 11.8 Å². The normalized spacial score (nSPS) is 10.6. The molecular weight excluding hydrogens is 224 g/mol. The van der Waals surface area contributed by atoms with Gasteiger partial charge in [-0.15, -0.1) is 0 Å². The van der Waals surface area contributed by atoms with E-state index in [4.69, 9.17) is 0 Å². The third kappa shape index (κ3) is 2.67. The maximum atomic E-state index is 12.2. The van der Waals surface area contributed by atoms with E-state index in [1.54, 1.807) is 10.9 Å². The van der Waals surface area contributed by atoms with Crippen molar-refractivity contribution in [3.8, 4) is 0 Å². The van der Waals surface area contributed by atoms with Crippen molar-refractivity contribution in [3.05, 3.63) is 52.8 Å². The minimum Gasteiger partial charge on any atom is -0.294 e. The summed E-state index contributed by atoms with van der Waals surface area (Å²) in [6, 6.07) is 6.21.